The zero-order chi connectivity index (χ0) is 21.1. The zero-order valence-corrected chi connectivity index (χ0v) is 20.7. The molecule has 2 aromatic rings. The molecule has 0 aliphatic rings. The molecule has 0 spiro atoms. The van der Waals surface area contributed by atoms with E-state index in [-0.39, 0.29) is 29.9 Å². The Morgan fingerprint density at radius 1 is 1.00 bits per heavy atom. The SMILES string of the molecule is CCNC(=NCc1ccc(CN(C)C)cc1)NCCc1cccc(C(=O)NC)c1.I. The van der Waals surface area contributed by atoms with Gasteiger partial charge in [0.25, 0.3) is 5.91 Å². The molecule has 7 heteroatoms. The summed E-state index contributed by atoms with van der Waals surface area (Å²) in [5.41, 5.74) is 4.28. The Morgan fingerprint density at radius 3 is 2.33 bits per heavy atom. The second-order valence-corrected chi connectivity index (χ2v) is 7.21. The van der Waals surface area contributed by atoms with E-state index in [2.05, 4.69) is 71.1 Å². The maximum atomic E-state index is 11.8. The summed E-state index contributed by atoms with van der Waals surface area (Å²) in [7, 11) is 5.79. The van der Waals surface area contributed by atoms with Crippen molar-refractivity contribution in [3.05, 3.63) is 70.8 Å². The lowest BCUT2D eigenvalue weighted by Crippen LogP contribution is -2.38. The van der Waals surface area contributed by atoms with Crippen LogP contribution in [0.4, 0.5) is 0 Å². The Morgan fingerprint density at radius 2 is 1.70 bits per heavy atom. The third-order valence-electron chi connectivity index (χ3n) is 4.41. The molecule has 0 bridgehead atoms. The van der Waals surface area contributed by atoms with E-state index in [1.807, 2.05) is 24.3 Å². The summed E-state index contributed by atoms with van der Waals surface area (Å²) in [6, 6.07) is 16.3. The number of nitrogens with zero attached hydrogens (tertiary/aromatic N) is 2. The summed E-state index contributed by atoms with van der Waals surface area (Å²) >= 11 is 0. The van der Waals surface area contributed by atoms with Gasteiger partial charge in [0, 0.05) is 32.2 Å². The summed E-state index contributed by atoms with van der Waals surface area (Å²) in [4.78, 5) is 18.6. The van der Waals surface area contributed by atoms with E-state index in [9.17, 15) is 4.79 Å². The van der Waals surface area contributed by atoms with Crippen molar-refractivity contribution in [1.29, 1.82) is 0 Å². The van der Waals surface area contributed by atoms with Crippen molar-refractivity contribution in [2.75, 3.05) is 34.2 Å². The second-order valence-electron chi connectivity index (χ2n) is 7.21. The van der Waals surface area contributed by atoms with Crippen LogP contribution in [0.3, 0.4) is 0 Å². The molecule has 0 atom stereocenters. The van der Waals surface area contributed by atoms with Crippen molar-refractivity contribution in [1.82, 2.24) is 20.9 Å². The average Bonchev–Trinajstić information content (AvgIpc) is 2.72. The van der Waals surface area contributed by atoms with Gasteiger partial charge in [0.1, 0.15) is 0 Å². The van der Waals surface area contributed by atoms with Crippen LogP contribution < -0.4 is 16.0 Å². The number of hydrogen-bond donors (Lipinski definition) is 3. The van der Waals surface area contributed by atoms with Gasteiger partial charge >= 0.3 is 0 Å². The molecule has 0 saturated carbocycles. The van der Waals surface area contributed by atoms with E-state index >= 15 is 0 Å². The van der Waals surface area contributed by atoms with Gasteiger partial charge in [-0.15, -0.1) is 24.0 Å². The first-order chi connectivity index (χ1) is 14.0. The predicted octanol–water partition coefficient (Wildman–Crippen LogP) is 3.02. The molecule has 2 rings (SSSR count). The highest BCUT2D eigenvalue weighted by Gasteiger charge is 2.04. The molecule has 3 N–H and O–H groups in total. The monoisotopic (exact) mass is 523 g/mol. The number of hydrogen-bond acceptors (Lipinski definition) is 3. The largest absolute Gasteiger partial charge is 0.357 e. The fraction of sp³-hybridized carbons (Fsp3) is 0.391. The van der Waals surface area contributed by atoms with Crippen LogP contribution in [-0.4, -0.2) is 51.0 Å². The third-order valence-corrected chi connectivity index (χ3v) is 4.41. The molecule has 0 radical (unpaired) electrons. The number of amides is 1. The number of carbonyl (C=O) groups excluding carboxylic acids is 1. The van der Waals surface area contributed by atoms with E-state index in [1.54, 1.807) is 7.05 Å². The van der Waals surface area contributed by atoms with E-state index in [0.29, 0.717) is 12.1 Å². The molecule has 2 aromatic carbocycles. The van der Waals surface area contributed by atoms with Crippen LogP contribution in [-0.2, 0) is 19.5 Å². The molecule has 0 aliphatic carbocycles. The number of nitrogens with one attached hydrogen (secondary N) is 3. The van der Waals surface area contributed by atoms with Crippen LogP contribution in [0.2, 0.25) is 0 Å². The first-order valence-electron chi connectivity index (χ1n) is 10.1. The molecule has 0 fully saturated rings. The Balaban J connectivity index is 0.00000450. The van der Waals surface area contributed by atoms with Crippen molar-refractivity contribution in [3.63, 3.8) is 0 Å². The smallest absolute Gasteiger partial charge is 0.251 e. The minimum absolute atomic E-state index is 0. The Bertz CT molecular complexity index is 805. The summed E-state index contributed by atoms with van der Waals surface area (Å²) in [5.74, 6) is 0.735. The molecule has 1 amide bonds. The predicted molar refractivity (Wildman–Crippen MR) is 136 cm³/mol. The Hall–Kier alpha value is -2.13. The van der Waals surface area contributed by atoms with Gasteiger partial charge in [-0.3, -0.25) is 4.79 Å². The van der Waals surface area contributed by atoms with Crippen LogP contribution in [0.25, 0.3) is 0 Å². The molecule has 30 heavy (non-hydrogen) atoms. The molecule has 6 nitrogen and oxygen atoms in total. The minimum Gasteiger partial charge on any atom is -0.357 e. The minimum atomic E-state index is -0.0636. The highest BCUT2D eigenvalue weighted by molar-refractivity contribution is 14.0. The molecule has 0 saturated heterocycles. The first-order valence-corrected chi connectivity index (χ1v) is 10.1. The first kappa shape index (κ1) is 25.9. The van der Waals surface area contributed by atoms with Gasteiger partial charge in [-0.05, 0) is 56.3 Å². The van der Waals surface area contributed by atoms with Gasteiger partial charge in [-0.2, -0.15) is 0 Å². The average molecular weight is 523 g/mol. The van der Waals surface area contributed by atoms with Gasteiger partial charge in [0.05, 0.1) is 6.54 Å². The van der Waals surface area contributed by atoms with Crippen molar-refractivity contribution in [3.8, 4) is 0 Å². The summed E-state index contributed by atoms with van der Waals surface area (Å²) in [5, 5.41) is 9.31. The lowest BCUT2D eigenvalue weighted by molar-refractivity contribution is 0.0963. The highest BCUT2D eigenvalue weighted by Crippen LogP contribution is 2.08. The zero-order valence-electron chi connectivity index (χ0n) is 18.4. The van der Waals surface area contributed by atoms with Crippen molar-refractivity contribution in [2.24, 2.45) is 4.99 Å². The lowest BCUT2D eigenvalue weighted by Gasteiger charge is -2.12. The van der Waals surface area contributed by atoms with Crippen molar-refractivity contribution in [2.45, 2.75) is 26.4 Å². The molecular weight excluding hydrogens is 489 g/mol. The van der Waals surface area contributed by atoms with E-state index < -0.39 is 0 Å². The topological polar surface area (TPSA) is 68.8 Å². The number of rotatable bonds is 9. The van der Waals surface area contributed by atoms with Gasteiger partial charge in [-0.1, -0.05) is 36.4 Å². The second kappa shape index (κ2) is 14.0. The van der Waals surface area contributed by atoms with Gasteiger partial charge in [0.2, 0.25) is 0 Å². The Kier molecular flexibility index (Phi) is 12.1. The van der Waals surface area contributed by atoms with Crippen LogP contribution in [0, 0.1) is 0 Å². The Labute approximate surface area is 197 Å². The molecule has 0 aromatic heterocycles. The lowest BCUT2D eigenvalue weighted by atomic mass is 10.1. The maximum absolute atomic E-state index is 11.8. The maximum Gasteiger partial charge on any atom is 0.251 e. The third kappa shape index (κ3) is 9.13. The molecule has 0 unspecified atom stereocenters. The number of guanidine groups is 1. The van der Waals surface area contributed by atoms with Gasteiger partial charge in [-0.25, -0.2) is 4.99 Å². The quantitative estimate of drug-likeness (QED) is 0.269. The standard InChI is InChI=1S/C23H33N5O.HI/c1-5-25-23(27-16-19-9-11-20(12-10-19)17-28(3)4)26-14-13-18-7-6-8-21(15-18)22(29)24-2;/h6-12,15H,5,13-14,16-17H2,1-4H3,(H,24,29)(H2,25,26,27);1H. The van der Waals surface area contributed by atoms with Crippen LogP contribution in [0.1, 0.15) is 34.0 Å². The van der Waals surface area contributed by atoms with E-state index in [0.717, 1.165) is 37.6 Å². The van der Waals surface area contributed by atoms with Crippen LogP contribution in [0.15, 0.2) is 53.5 Å². The van der Waals surface area contributed by atoms with Crippen LogP contribution >= 0.6 is 24.0 Å². The van der Waals surface area contributed by atoms with Crippen molar-refractivity contribution >= 4 is 35.8 Å². The number of aliphatic imine (C=N–C) groups is 1. The summed E-state index contributed by atoms with van der Waals surface area (Å²) in [6.07, 6.45) is 0.814. The fourth-order valence-electron chi connectivity index (χ4n) is 2.96. The molecule has 0 heterocycles. The summed E-state index contributed by atoms with van der Waals surface area (Å²) < 4.78 is 0. The molecular formula is C23H34IN5O. The normalized spacial score (nSPS) is 11.0. The number of benzene rings is 2. The number of carbonyl (C=O) groups is 1. The molecule has 0 aliphatic heterocycles. The van der Waals surface area contributed by atoms with Gasteiger partial charge in [0.15, 0.2) is 5.96 Å². The number of halogens is 1. The van der Waals surface area contributed by atoms with Crippen LogP contribution in [0.5, 0.6) is 0 Å². The fourth-order valence-corrected chi connectivity index (χ4v) is 2.96. The molecule has 164 valence electrons. The van der Waals surface area contributed by atoms with E-state index in [4.69, 9.17) is 0 Å². The van der Waals surface area contributed by atoms with Gasteiger partial charge < -0.3 is 20.9 Å². The summed E-state index contributed by atoms with van der Waals surface area (Å²) in [6.45, 7) is 5.17. The highest BCUT2D eigenvalue weighted by atomic mass is 127. The van der Waals surface area contributed by atoms with E-state index in [1.165, 1.54) is 11.1 Å². The van der Waals surface area contributed by atoms with Crippen molar-refractivity contribution < 1.29 is 4.79 Å².